The van der Waals surface area contributed by atoms with Gasteiger partial charge < -0.3 is 5.32 Å². The molecule has 0 aliphatic heterocycles. The lowest BCUT2D eigenvalue weighted by Crippen LogP contribution is -2.11. The molecule has 2 rings (SSSR count). The van der Waals surface area contributed by atoms with E-state index in [-0.39, 0.29) is 6.04 Å². The van der Waals surface area contributed by atoms with E-state index in [1.165, 1.54) is 11.2 Å². The van der Waals surface area contributed by atoms with Crippen LogP contribution < -0.4 is 5.32 Å². The number of nitrogens with one attached hydrogen (secondary N) is 1. The Morgan fingerprint density at radius 1 is 1.39 bits per heavy atom. The van der Waals surface area contributed by atoms with Gasteiger partial charge >= 0.3 is 0 Å². The Bertz CT molecular complexity index is 499. The molecular weight excluding hydrogens is 266 g/mol. The second-order valence-electron chi connectivity index (χ2n) is 3.97. The summed E-state index contributed by atoms with van der Waals surface area (Å²) in [5.74, 6) is 0.845. The summed E-state index contributed by atoms with van der Waals surface area (Å²) >= 11 is 7.85. The first kappa shape index (κ1) is 13.3. The van der Waals surface area contributed by atoms with Crippen LogP contribution in [0, 0.1) is 0 Å². The first-order valence-corrected chi connectivity index (χ1v) is 7.31. The monoisotopic (exact) mass is 281 g/mol. The van der Waals surface area contributed by atoms with Crippen molar-refractivity contribution >= 4 is 28.8 Å². The highest BCUT2D eigenvalue weighted by atomic mass is 35.5. The van der Waals surface area contributed by atoms with E-state index in [2.05, 4.69) is 46.6 Å². The van der Waals surface area contributed by atoms with E-state index in [0.29, 0.717) is 5.15 Å². The van der Waals surface area contributed by atoms with E-state index in [1.54, 1.807) is 11.3 Å². The maximum absolute atomic E-state index is 6.09. The molecule has 0 saturated carbocycles. The second kappa shape index (κ2) is 6.16. The van der Waals surface area contributed by atoms with E-state index in [4.69, 9.17) is 11.6 Å². The fourth-order valence-electron chi connectivity index (χ4n) is 1.86. The zero-order valence-electron chi connectivity index (χ0n) is 10.5. The number of nitrogens with zero attached hydrogens (tertiary/aromatic N) is 2. The van der Waals surface area contributed by atoms with Crippen molar-refractivity contribution in [1.29, 1.82) is 0 Å². The van der Waals surface area contributed by atoms with Gasteiger partial charge in [0.25, 0.3) is 0 Å². The molecule has 2 aromatic heterocycles. The number of rotatable bonds is 5. The second-order valence-corrected chi connectivity index (χ2v) is 5.30. The van der Waals surface area contributed by atoms with E-state index in [9.17, 15) is 0 Å². The molecule has 0 amide bonds. The lowest BCUT2D eigenvalue weighted by molar-refractivity contribution is 0.754. The fraction of sp³-hybridized carbons (Fsp3) is 0.385. The molecule has 1 unspecified atom stereocenters. The molecule has 1 N–H and O–H groups in total. The van der Waals surface area contributed by atoms with Crippen LogP contribution >= 0.6 is 22.9 Å². The van der Waals surface area contributed by atoms with Crippen LogP contribution in [0.15, 0.2) is 23.8 Å². The number of hydrogen-bond donors (Lipinski definition) is 1. The zero-order chi connectivity index (χ0) is 13.0. The summed E-state index contributed by atoms with van der Waals surface area (Å²) in [4.78, 5) is 9.64. The van der Waals surface area contributed by atoms with Gasteiger partial charge in [-0.05, 0) is 24.3 Å². The minimum Gasteiger partial charge on any atom is -0.362 e. The van der Waals surface area contributed by atoms with Crippen molar-refractivity contribution in [2.45, 2.75) is 32.7 Å². The molecule has 0 spiro atoms. The zero-order valence-corrected chi connectivity index (χ0v) is 12.1. The molecule has 0 aliphatic rings. The van der Waals surface area contributed by atoms with E-state index >= 15 is 0 Å². The topological polar surface area (TPSA) is 37.8 Å². The quantitative estimate of drug-likeness (QED) is 0.830. The van der Waals surface area contributed by atoms with Crippen molar-refractivity contribution in [3.05, 3.63) is 39.4 Å². The molecule has 0 bridgehead atoms. The summed E-state index contributed by atoms with van der Waals surface area (Å²) in [7, 11) is 0. The first-order valence-electron chi connectivity index (χ1n) is 6.05. The molecule has 0 saturated heterocycles. The van der Waals surface area contributed by atoms with Crippen LogP contribution in [0.3, 0.4) is 0 Å². The van der Waals surface area contributed by atoms with Gasteiger partial charge in [-0.1, -0.05) is 31.5 Å². The lowest BCUT2D eigenvalue weighted by Gasteiger charge is -2.18. The average molecular weight is 282 g/mol. The molecule has 5 heteroatoms. The normalized spacial score (nSPS) is 12.4. The Balaban J connectivity index is 2.25. The summed E-state index contributed by atoms with van der Waals surface area (Å²) in [6.07, 6.45) is 3.33. The predicted molar refractivity (Wildman–Crippen MR) is 77.4 cm³/mol. The smallest absolute Gasteiger partial charge is 0.137 e. The van der Waals surface area contributed by atoms with Crippen molar-refractivity contribution in [2.75, 3.05) is 5.32 Å². The van der Waals surface area contributed by atoms with Crippen molar-refractivity contribution < 1.29 is 0 Å². The summed E-state index contributed by atoms with van der Waals surface area (Å²) < 4.78 is 0. The number of aromatic nitrogens is 2. The van der Waals surface area contributed by atoms with E-state index < -0.39 is 0 Å². The van der Waals surface area contributed by atoms with Crippen molar-refractivity contribution in [2.24, 2.45) is 0 Å². The molecule has 1 atom stereocenters. The molecule has 2 heterocycles. The maximum atomic E-state index is 6.09. The lowest BCUT2D eigenvalue weighted by atomic mass is 10.1. The highest BCUT2D eigenvalue weighted by Gasteiger charge is 2.14. The van der Waals surface area contributed by atoms with Crippen molar-refractivity contribution in [3.63, 3.8) is 0 Å². The Morgan fingerprint density at radius 3 is 2.83 bits per heavy atom. The molecule has 0 radical (unpaired) electrons. The van der Waals surface area contributed by atoms with Gasteiger partial charge in [0.15, 0.2) is 0 Å². The van der Waals surface area contributed by atoms with Gasteiger partial charge in [0, 0.05) is 10.4 Å². The molecule has 3 nitrogen and oxygen atoms in total. The maximum Gasteiger partial charge on any atom is 0.137 e. The summed E-state index contributed by atoms with van der Waals surface area (Å²) in [5, 5.41) is 6.09. The average Bonchev–Trinajstić information content (AvgIpc) is 2.89. The van der Waals surface area contributed by atoms with E-state index in [0.717, 1.165) is 24.2 Å². The van der Waals surface area contributed by atoms with Gasteiger partial charge in [-0.25, -0.2) is 9.97 Å². The number of thiophene rings is 1. The highest BCUT2D eigenvalue weighted by Crippen LogP contribution is 2.28. The summed E-state index contributed by atoms with van der Waals surface area (Å²) in [5.41, 5.74) is 0.981. The van der Waals surface area contributed by atoms with Gasteiger partial charge in [0.05, 0.1) is 6.04 Å². The highest BCUT2D eigenvalue weighted by molar-refractivity contribution is 7.10. The fourth-order valence-corrected chi connectivity index (χ4v) is 2.99. The van der Waals surface area contributed by atoms with Crippen LogP contribution in [0.4, 0.5) is 5.82 Å². The van der Waals surface area contributed by atoms with Crippen LogP contribution in [0.1, 0.15) is 36.8 Å². The van der Waals surface area contributed by atoms with Gasteiger partial charge in [-0.15, -0.1) is 11.3 Å². The Morgan fingerprint density at radius 2 is 2.22 bits per heavy atom. The van der Waals surface area contributed by atoms with Crippen molar-refractivity contribution in [1.82, 2.24) is 9.97 Å². The number of anilines is 1. The van der Waals surface area contributed by atoms with Crippen molar-refractivity contribution in [3.8, 4) is 0 Å². The molecule has 0 fully saturated rings. The summed E-state index contributed by atoms with van der Waals surface area (Å²) in [6.45, 7) is 4.22. The predicted octanol–water partition coefficient (Wildman–Crippen LogP) is 4.32. The van der Waals surface area contributed by atoms with Crippen LogP contribution in [0.5, 0.6) is 0 Å². The standard InChI is InChI=1S/C13H16ClN3S/c1-3-9-12(14)15-8-16-13(9)17-10(4-2)11-6-5-7-18-11/h5-8,10H,3-4H2,1-2H3,(H,15,16,17). The van der Waals surface area contributed by atoms with Crippen LogP contribution in [-0.2, 0) is 6.42 Å². The van der Waals surface area contributed by atoms with Crippen LogP contribution in [0.2, 0.25) is 5.15 Å². The number of halogens is 1. The van der Waals surface area contributed by atoms with E-state index in [1.807, 2.05) is 0 Å². The third-order valence-corrected chi connectivity index (χ3v) is 4.16. The summed E-state index contributed by atoms with van der Waals surface area (Å²) in [6, 6.07) is 4.49. The largest absolute Gasteiger partial charge is 0.362 e. The van der Waals surface area contributed by atoms with Gasteiger partial charge in [-0.3, -0.25) is 0 Å². The SMILES string of the molecule is CCc1c(Cl)ncnc1NC(CC)c1cccs1. The molecule has 96 valence electrons. The third-order valence-electron chi connectivity index (χ3n) is 2.85. The Hall–Kier alpha value is -1.13. The van der Waals surface area contributed by atoms with Crippen LogP contribution in [-0.4, -0.2) is 9.97 Å². The van der Waals surface area contributed by atoms with Crippen LogP contribution in [0.25, 0.3) is 0 Å². The van der Waals surface area contributed by atoms with Gasteiger partial charge in [0.1, 0.15) is 17.3 Å². The van der Waals surface area contributed by atoms with Gasteiger partial charge in [-0.2, -0.15) is 0 Å². The molecule has 18 heavy (non-hydrogen) atoms. The molecule has 2 aromatic rings. The molecular formula is C13H16ClN3S. The molecule has 0 aromatic carbocycles. The molecule has 0 aliphatic carbocycles. The number of hydrogen-bond acceptors (Lipinski definition) is 4. The first-order chi connectivity index (χ1) is 8.76. The Kier molecular flexibility index (Phi) is 4.55. The van der Waals surface area contributed by atoms with Gasteiger partial charge in [0.2, 0.25) is 0 Å². The Labute approximate surface area is 116 Å². The third kappa shape index (κ3) is 2.82. The minimum atomic E-state index is 0.279. The minimum absolute atomic E-state index is 0.279.